The summed E-state index contributed by atoms with van der Waals surface area (Å²) in [5, 5.41) is 3.71. The summed E-state index contributed by atoms with van der Waals surface area (Å²) in [6.45, 7) is 5.70. The average Bonchev–Trinajstić information content (AvgIpc) is 2.53. The van der Waals surface area contributed by atoms with Gasteiger partial charge in [0.1, 0.15) is 0 Å². The normalized spacial score (nSPS) is 18.0. The van der Waals surface area contributed by atoms with Crippen molar-refractivity contribution in [2.75, 3.05) is 26.7 Å². The Hall–Kier alpha value is -0.860. The zero-order valence-electron chi connectivity index (χ0n) is 13.9. The minimum Gasteiger partial charge on any atom is -0.309 e. The third-order valence-electron chi connectivity index (χ3n) is 4.63. The smallest absolute Gasteiger partial charge is 0.0449 e. The quantitative estimate of drug-likeness (QED) is 0.769. The molecule has 1 aromatic carbocycles. The predicted molar refractivity (Wildman–Crippen MR) is 91.5 cm³/mol. The average molecular weight is 288 g/mol. The summed E-state index contributed by atoms with van der Waals surface area (Å²) in [5.74, 6) is 0.923. The standard InChI is InChI=1S/C19H32N2/c1-3-14-20-19(18-12-8-5-9-13-18)16-21(2)15-17-10-6-4-7-11-17/h5,8-9,12-13,17,19-20H,3-4,6-7,10-11,14-16H2,1-2H3. The molecule has 0 heterocycles. The van der Waals surface area contributed by atoms with Crippen molar-refractivity contribution in [1.29, 1.82) is 0 Å². The van der Waals surface area contributed by atoms with Gasteiger partial charge in [-0.05, 0) is 44.3 Å². The molecule has 0 amide bonds. The molecular formula is C19H32N2. The van der Waals surface area contributed by atoms with Crippen LogP contribution in [0.25, 0.3) is 0 Å². The van der Waals surface area contributed by atoms with Crippen molar-refractivity contribution in [2.24, 2.45) is 5.92 Å². The summed E-state index contributed by atoms with van der Waals surface area (Å²) in [4.78, 5) is 2.54. The molecule has 118 valence electrons. The maximum absolute atomic E-state index is 3.71. The molecule has 0 bridgehead atoms. The SMILES string of the molecule is CCCNC(CN(C)CC1CCCCC1)c1ccccc1. The number of hydrogen-bond acceptors (Lipinski definition) is 2. The number of likely N-dealkylation sites (N-methyl/N-ethyl adjacent to an activating group) is 1. The Morgan fingerprint density at radius 1 is 1.14 bits per heavy atom. The van der Waals surface area contributed by atoms with Gasteiger partial charge in [0.25, 0.3) is 0 Å². The number of nitrogens with zero attached hydrogens (tertiary/aromatic N) is 1. The van der Waals surface area contributed by atoms with E-state index in [2.05, 4.69) is 54.5 Å². The van der Waals surface area contributed by atoms with Gasteiger partial charge in [-0.3, -0.25) is 0 Å². The van der Waals surface area contributed by atoms with E-state index in [1.807, 2.05) is 0 Å². The van der Waals surface area contributed by atoms with E-state index in [-0.39, 0.29) is 0 Å². The van der Waals surface area contributed by atoms with E-state index in [9.17, 15) is 0 Å². The Labute approximate surface area is 130 Å². The van der Waals surface area contributed by atoms with Gasteiger partial charge >= 0.3 is 0 Å². The van der Waals surface area contributed by atoms with Gasteiger partial charge in [-0.15, -0.1) is 0 Å². The van der Waals surface area contributed by atoms with E-state index >= 15 is 0 Å². The van der Waals surface area contributed by atoms with Crippen LogP contribution in [0.15, 0.2) is 30.3 Å². The molecule has 1 unspecified atom stereocenters. The minimum atomic E-state index is 0.458. The van der Waals surface area contributed by atoms with E-state index in [1.165, 1.54) is 50.6 Å². The Bertz CT molecular complexity index is 370. The Morgan fingerprint density at radius 2 is 1.86 bits per heavy atom. The van der Waals surface area contributed by atoms with E-state index in [4.69, 9.17) is 0 Å². The van der Waals surface area contributed by atoms with Crippen LogP contribution >= 0.6 is 0 Å². The van der Waals surface area contributed by atoms with Crippen LogP contribution in [0.1, 0.15) is 57.1 Å². The monoisotopic (exact) mass is 288 g/mol. The minimum absolute atomic E-state index is 0.458. The van der Waals surface area contributed by atoms with Gasteiger partial charge < -0.3 is 10.2 Å². The van der Waals surface area contributed by atoms with Crippen molar-refractivity contribution in [3.8, 4) is 0 Å². The zero-order chi connectivity index (χ0) is 14.9. The van der Waals surface area contributed by atoms with Gasteiger partial charge in [0.2, 0.25) is 0 Å². The second-order valence-electron chi connectivity index (χ2n) is 6.64. The topological polar surface area (TPSA) is 15.3 Å². The third-order valence-corrected chi connectivity index (χ3v) is 4.63. The summed E-state index contributed by atoms with van der Waals surface area (Å²) in [7, 11) is 2.29. The first kappa shape index (κ1) is 16.5. The molecule has 0 spiro atoms. The van der Waals surface area contributed by atoms with Gasteiger partial charge in [-0.25, -0.2) is 0 Å². The van der Waals surface area contributed by atoms with Gasteiger partial charge in [0, 0.05) is 19.1 Å². The highest BCUT2D eigenvalue weighted by molar-refractivity contribution is 5.19. The van der Waals surface area contributed by atoms with Crippen molar-refractivity contribution < 1.29 is 0 Å². The molecule has 1 aliphatic carbocycles. The fourth-order valence-electron chi connectivity index (χ4n) is 3.49. The molecule has 21 heavy (non-hydrogen) atoms. The number of nitrogens with one attached hydrogen (secondary N) is 1. The molecule has 1 atom stereocenters. The predicted octanol–water partition coefficient (Wildman–Crippen LogP) is 4.24. The van der Waals surface area contributed by atoms with Crippen LogP contribution in [0.5, 0.6) is 0 Å². The maximum Gasteiger partial charge on any atom is 0.0449 e. The number of benzene rings is 1. The van der Waals surface area contributed by atoms with Crippen LogP contribution in [-0.4, -0.2) is 31.6 Å². The lowest BCUT2D eigenvalue weighted by atomic mass is 9.89. The highest BCUT2D eigenvalue weighted by atomic mass is 15.1. The van der Waals surface area contributed by atoms with Crippen molar-refractivity contribution >= 4 is 0 Å². The molecule has 0 saturated heterocycles. The van der Waals surface area contributed by atoms with E-state index in [0.717, 1.165) is 19.0 Å². The molecule has 1 N–H and O–H groups in total. The fraction of sp³-hybridized carbons (Fsp3) is 0.684. The van der Waals surface area contributed by atoms with Gasteiger partial charge in [-0.2, -0.15) is 0 Å². The highest BCUT2D eigenvalue weighted by Gasteiger charge is 2.18. The lowest BCUT2D eigenvalue weighted by molar-refractivity contribution is 0.216. The molecule has 2 rings (SSSR count). The van der Waals surface area contributed by atoms with E-state index < -0.39 is 0 Å². The first-order valence-electron chi connectivity index (χ1n) is 8.76. The summed E-state index contributed by atoms with van der Waals surface area (Å²) < 4.78 is 0. The fourth-order valence-corrected chi connectivity index (χ4v) is 3.49. The maximum atomic E-state index is 3.71. The molecule has 1 fully saturated rings. The van der Waals surface area contributed by atoms with Gasteiger partial charge in [0.05, 0.1) is 0 Å². The molecule has 1 saturated carbocycles. The Balaban J connectivity index is 1.87. The molecule has 2 nitrogen and oxygen atoms in total. The van der Waals surface area contributed by atoms with Crippen LogP contribution in [0.4, 0.5) is 0 Å². The summed E-state index contributed by atoms with van der Waals surface area (Å²) in [6.07, 6.45) is 8.38. The number of rotatable bonds is 8. The van der Waals surface area contributed by atoms with Crippen LogP contribution in [0.2, 0.25) is 0 Å². The molecule has 0 aliphatic heterocycles. The first-order chi connectivity index (χ1) is 10.3. The van der Waals surface area contributed by atoms with Crippen LogP contribution in [0, 0.1) is 5.92 Å². The molecule has 0 radical (unpaired) electrons. The van der Waals surface area contributed by atoms with E-state index in [0.29, 0.717) is 6.04 Å². The summed E-state index contributed by atoms with van der Waals surface area (Å²) >= 11 is 0. The molecular weight excluding hydrogens is 256 g/mol. The van der Waals surface area contributed by atoms with E-state index in [1.54, 1.807) is 0 Å². The molecule has 1 aromatic rings. The van der Waals surface area contributed by atoms with Crippen LogP contribution in [-0.2, 0) is 0 Å². The van der Waals surface area contributed by atoms with Crippen LogP contribution < -0.4 is 5.32 Å². The lowest BCUT2D eigenvalue weighted by Gasteiger charge is -2.30. The first-order valence-corrected chi connectivity index (χ1v) is 8.76. The van der Waals surface area contributed by atoms with Crippen molar-refractivity contribution in [3.05, 3.63) is 35.9 Å². The van der Waals surface area contributed by atoms with Crippen molar-refractivity contribution in [1.82, 2.24) is 10.2 Å². The lowest BCUT2D eigenvalue weighted by Crippen LogP contribution is -2.36. The third kappa shape index (κ3) is 5.80. The van der Waals surface area contributed by atoms with Crippen LogP contribution in [0.3, 0.4) is 0 Å². The molecule has 2 heteroatoms. The second kappa shape index (κ2) is 9.22. The zero-order valence-corrected chi connectivity index (χ0v) is 13.9. The van der Waals surface area contributed by atoms with Gasteiger partial charge in [-0.1, -0.05) is 56.5 Å². The Kier molecular flexibility index (Phi) is 7.25. The van der Waals surface area contributed by atoms with Crippen molar-refractivity contribution in [3.63, 3.8) is 0 Å². The molecule has 1 aliphatic rings. The van der Waals surface area contributed by atoms with Gasteiger partial charge in [0.15, 0.2) is 0 Å². The molecule has 0 aromatic heterocycles. The second-order valence-corrected chi connectivity index (χ2v) is 6.64. The van der Waals surface area contributed by atoms with Crippen molar-refractivity contribution in [2.45, 2.75) is 51.5 Å². The largest absolute Gasteiger partial charge is 0.309 e. The summed E-state index contributed by atoms with van der Waals surface area (Å²) in [5.41, 5.74) is 1.42. The number of hydrogen-bond donors (Lipinski definition) is 1. The summed E-state index contributed by atoms with van der Waals surface area (Å²) in [6, 6.07) is 11.4. The Morgan fingerprint density at radius 3 is 2.52 bits per heavy atom. The highest BCUT2D eigenvalue weighted by Crippen LogP contribution is 2.24.